The highest BCUT2D eigenvalue weighted by Gasteiger charge is 2.50. The number of carbonyl (C=O) groups is 2. The third-order valence-electron chi connectivity index (χ3n) is 4.24. The molecule has 146 valence electrons. The van der Waals surface area contributed by atoms with Crippen LogP contribution in [0.5, 0.6) is 0 Å². The molecular weight excluding hydrogens is 348 g/mol. The van der Waals surface area contributed by atoms with Gasteiger partial charge in [0.2, 0.25) is 11.7 Å². The van der Waals surface area contributed by atoms with E-state index in [2.05, 4.69) is 10.3 Å². The summed E-state index contributed by atoms with van der Waals surface area (Å²) < 4.78 is 10.7. The van der Waals surface area contributed by atoms with Gasteiger partial charge in [-0.05, 0) is 18.9 Å². The summed E-state index contributed by atoms with van der Waals surface area (Å²) in [5.41, 5.74) is 10.8. The van der Waals surface area contributed by atoms with Crippen molar-refractivity contribution in [3.05, 3.63) is 11.8 Å². The Kier molecular flexibility index (Phi) is 6.05. The molecule has 5 atom stereocenters. The van der Waals surface area contributed by atoms with Crippen LogP contribution in [0.25, 0.3) is 0 Å². The molecule has 1 amide bonds. The quantitative estimate of drug-likeness (QED) is 0.229. The Labute approximate surface area is 149 Å². The number of hydrogen-bond donors (Lipinski definition) is 6. The van der Waals surface area contributed by atoms with E-state index in [0.29, 0.717) is 12.8 Å². The van der Waals surface area contributed by atoms with Crippen molar-refractivity contribution in [2.75, 3.05) is 6.61 Å². The molecule has 0 aromatic heterocycles. The fourth-order valence-electron chi connectivity index (χ4n) is 3.08. The van der Waals surface area contributed by atoms with E-state index in [1.807, 2.05) is 0 Å². The van der Waals surface area contributed by atoms with Crippen LogP contribution in [0.3, 0.4) is 0 Å². The number of ether oxygens (including phenoxy) is 2. The predicted octanol–water partition coefficient (Wildman–Crippen LogP) is -2.25. The first kappa shape index (κ1) is 19.9. The Morgan fingerprint density at radius 3 is 2.62 bits per heavy atom. The normalized spacial score (nSPS) is 32.6. The molecule has 1 saturated heterocycles. The largest absolute Gasteiger partial charge is 0.478 e. The van der Waals surface area contributed by atoms with Gasteiger partial charge < -0.3 is 41.6 Å². The van der Waals surface area contributed by atoms with Gasteiger partial charge in [-0.2, -0.15) is 0 Å². The Morgan fingerprint density at radius 2 is 2.12 bits per heavy atom. The van der Waals surface area contributed by atoms with Crippen LogP contribution in [-0.4, -0.2) is 69.8 Å². The van der Waals surface area contributed by atoms with Crippen LogP contribution in [0.4, 0.5) is 0 Å². The van der Waals surface area contributed by atoms with Gasteiger partial charge in [-0.25, -0.2) is 9.79 Å². The second kappa shape index (κ2) is 7.89. The molecule has 8 N–H and O–H groups in total. The Morgan fingerprint density at radius 1 is 1.42 bits per heavy atom. The molecule has 26 heavy (non-hydrogen) atoms. The first-order chi connectivity index (χ1) is 12.1. The number of carboxylic acids is 1. The lowest BCUT2D eigenvalue weighted by Gasteiger charge is -2.44. The maximum atomic E-state index is 11.6. The highest BCUT2D eigenvalue weighted by molar-refractivity contribution is 5.85. The Bertz CT molecular complexity index is 611. The van der Waals surface area contributed by atoms with Gasteiger partial charge in [0, 0.05) is 13.3 Å². The highest BCUT2D eigenvalue weighted by Crippen LogP contribution is 2.33. The van der Waals surface area contributed by atoms with Gasteiger partial charge in [-0.1, -0.05) is 0 Å². The van der Waals surface area contributed by atoms with E-state index in [-0.39, 0.29) is 19.0 Å². The number of hydrogen-bond acceptors (Lipinski definition) is 7. The molecule has 11 heteroatoms. The van der Waals surface area contributed by atoms with Gasteiger partial charge in [-0.3, -0.25) is 4.79 Å². The molecule has 2 heterocycles. The van der Waals surface area contributed by atoms with Crippen LogP contribution in [0, 0.1) is 0 Å². The fourth-order valence-corrected chi connectivity index (χ4v) is 3.08. The van der Waals surface area contributed by atoms with Crippen molar-refractivity contribution in [3.8, 4) is 0 Å². The summed E-state index contributed by atoms with van der Waals surface area (Å²) in [6.45, 7) is 1.46. The first-order valence-corrected chi connectivity index (χ1v) is 8.16. The zero-order valence-electron chi connectivity index (χ0n) is 14.3. The predicted molar refractivity (Wildman–Crippen MR) is 88.6 cm³/mol. The average Bonchev–Trinajstić information content (AvgIpc) is 2.55. The number of carbonyl (C=O) groups excluding carboxylic acids is 1. The summed E-state index contributed by atoms with van der Waals surface area (Å²) in [6.07, 6.45) is -0.445. The summed E-state index contributed by atoms with van der Waals surface area (Å²) in [5, 5.41) is 33.1. The topological polar surface area (TPSA) is 190 Å². The molecule has 0 aromatic carbocycles. The molecule has 0 spiro atoms. The lowest BCUT2D eigenvalue weighted by Crippen LogP contribution is -2.63. The standard InChI is InChI=1S/C15H24N4O7/c1-7(20)18-10-8(19-14(16)17)6-9(13(22)23)26-11(10)12(21)15(24)4-2-3-5-25-15/h6,8,10-12,21,24H,2-5H2,1H3,(H,18,20)(H,22,23)(H4,16,17,19)/t8-,10+,11?,12?,15?/m0/s1. The Balaban J connectivity index is 2.42. The first-order valence-electron chi connectivity index (χ1n) is 8.16. The zero-order valence-corrected chi connectivity index (χ0v) is 14.3. The summed E-state index contributed by atoms with van der Waals surface area (Å²) in [6, 6.07) is -2.04. The zero-order chi connectivity index (χ0) is 19.5. The molecule has 11 nitrogen and oxygen atoms in total. The molecule has 0 radical (unpaired) electrons. The minimum atomic E-state index is -1.94. The molecule has 2 aliphatic heterocycles. The summed E-state index contributed by atoms with van der Waals surface area (Å²) in [7, 11) is 0. The van der Waals surface area contributed by atoms with Crippen LogP contribution < -0.4 is 16.8 Å². The number of aliphatic imine (C=N–C) groups is 1. The molecule has 0 aliphatic carbocycles. The fraction of sp³-hybridized carbons (Fsp3) is 0.667. The van der Waals surface area contributed by atoms with Crippen molar-refractivity contribution in [2.45, 2.75) is 56.3 Å². The Hall–Kier alpha value is -2.37. The van der Waals surface area contributed by atoms with Gasteiger partial charge >= 0.3 is 5.97 Å². The number of aliphatic carboxylic acids is 1. The summed E-state index contributed by atoms with van der Waals surface area (Å²) >= 11 is 0. The second-order valence-electron chi connectivity index (χ2n) is 6.28. The van der Waals surface area contributed by atoms with Crippen LogP contribution in [0.1, 0.15) is 26.2 Å². The van der Waals surface area contributed by atoms with E-state index < -0.39 is 47.7 Å². The number of guanidine groups is 1. The maximum absolute atomic E-state index is 11.6. The molecule has 2 rings (SSSR count). The molecule has 0 bridgehead atoms. The van der Waals surface area contributed by atoms with Crippen LogP contribution in [0.2, 0.25) is 0 Å². The number of nitrogens with zero attached hydrogens (tertiary/aromatic N) is 1. The summed E-state index contributed by atoms with van der Waals surface area (Å²) in [4.78, 5) is 26.9. The number of carboxylic acid groups (broad SMARTS) is 1. The lowest BCUT2D eigenvalue weighted by atomic mass is 9.88. The van der Waals surface area contributed by atoms with Crippen molar-refractivity contribution >= 4 is 17.8 Å². The minimum absolute atomic E-state index is 0.125. The summed E-state index contributed by atoms with van der Waals surface area (Å²) in [5.74, 6) is -4.67. The van der Waals surface area contributed by atoms with E-state index in [4.69, 9.17) is 20.9 Å². The van der Waals surface area contributed by atoms with Crippen molar-refractivity contribution in [1.82, 2.24) is 5.32 Å². The van der Waals surface area contributed by atoms with Crippen molar-refractivity contribution in [3.63, 3.8) is 0 Å². The van der Waals surface area contributed by atoms with E-state index in [1.54, 1.807) is 0 Å². The number of aliphatic hydroxyl groups is 2. The molecule has 0 saturated carbocycles. The van der Waals surface area contributed by atoms with Crippen LogP contribution in [0.15, 0.2) is 16.8 Å². The third-order valence-corrected chi connectivity index (χ3v) is 4.24. The maximum Gasteiger partial charge on any atom is 0.370 e. The van der Waals surface area contributed by atoms with E-state index in [0.717, 1.165) is 6.08 Å². The van der Waals surface area contributed by atoms with Gasteiger partial charge in [0.15, 0.2) is 17.9 Å². The molecular formula is C15H24N4O7. The third kappa shape index (κ3) is 4.42. The number of nitrogens with two attached hydrogens (primary N) is 2. The smallest absolute Gasteiger partial charge is 0.370 e. The second-order valence-corrected chi connectivity index (χ2v) is 6.28. The molecule has 3 unspecified atom stereocenters. The van der Waals surface area contributed by atoms with Crippen LogP contribution >= 0.6 is 0 Å². The van der Waals surface area contributed by atoms with Gasteiger partial charge in [0.25, 0.3) is 0 Å². The average molecular weight is 372 g/mol. The van der Waals surface area contributed by atoms with Crippen LogP contribution in [-0.2, 0) is 19.1 Å². The van der Waals surface area contributed by atoms with Gasteiger partial charge in [0.05, 0.1) is 18.7 Å². The van der Waals surface area contributed by atoms with E-state index in [1.165, 1.54) is 6.92 Å². The lowest BCUT2D eigenvalue weighted by molar-refractivity contribution is -0.293. The molecule has 2 aliphatic rings. The van der Waals surface area contributed by atoms with Crippen molar-refractivity contribution in [1.29, 1.82) is 0 Å². The SMILES string of the molecule is CC(=O)N[C@H]1C(C(O)C2(O)CCCCO2)OC(C(=O)O)=C[C@@H]1N=C(N)N. The van der Waals surface area contributed by atoms with E-state index in [9.17, 15) is 24.9 Å². The van der Waals surface area contributed by atoms with Gasteiger partial charge in [-0.15, -0.1) is 0 Å². The highest BCUT2D eigenvalue weighted by atomic mass is 16.6. The van der Waals surface area contributed by atoms with Crippen molar-refractivity contribution < 1.29 is 34.4 Å². The molecule has 1 fully saturated rings. The number of nitrogens with one attached hydrogen (secondary N) is 1. The van der Waals surface area contributed by atoms with E-state index >= 15 is 0 Å². The molecule has 0 aromatic rings. The number of aliphatic hydroxyl groups excluding tert-OH is 1. The number of amides is 1. The monoisotopic (exact) mass is 372 g/mol. The minimum Gasteiger partial charge on any atom is -0.478 e. The van der Waals surface area contributed by atoms with Crippen molar-refractivity contribution in [2.24, 2.45) is 16.5 Å². The van der Waals surface area contributed by atoms with Gasteiger partial charge in [0.1, 0.15) is 6.10 Å². The number of rotatable bonds is 5.